The molecule has 0 rings (SSSR count). The maximum Gasteiger partial charge on any atom is 5.00 e. The molecule has 0 aliphatic carbocycles. The molecule has 252 valence electrons. The van der Waals surface area contributed by atoms with E-state index >= 15 is 0 Å². The third-order valence-corrected chi connectivity index (χ3v) is 4.25. The molecule has 0 fully saturated rings. The number of hydrogen-bond acceptors (Lipinski definition) is 15. The Morgan fingerprint density at radius 1 is 0.268 bits per heavy atom. The third kappa shape index (κ3) is 27.7. The molecule has 0 aromatic rings. The molecule has 0 radical (unpaired) electrons. The molecule has 0 N–H and O–H groups in total. The van der Waals surface area contributed by atoms with Gasteiger partial charge in [-0.1, -0.05) is 0 Å². The summed E-state index contributed by atoms with van der Waals surface area (Å²) in [5.74, 6) is 0. The van der Waals surface area contributed by atoms with E-state index in [2.05, 4.69) is 0 Å². The van der Waals surface area contributed by atoms with Crippen LogP contribution in [-0.4, -0.2) is 92.4 Å². The Balaban J connectivity index is -0.0000000928. The van der Waals surface area contributed by atoms with Gasteiger partial charge in [0.2, 0.25) is 0 Å². The Bertz CT molecular complexity index is 1070. The van der Waals surface area contributed by atoms with Crippen molar-refractivity contribution in [2.24, 2.45) is 0 Å². The first kappa shape index (κ1) is 52.8. The molecule has 0 amide bonds. The van der Waals surface area contributed by atoms with Crippen LogP contribution in [0.1, 0.15) is 0 Å². The van der Waals surface area contributed by atoms with Crippen molar-refractivity contribution in [1.82, 2.24) is 0 Å². The minimum absolute atomic E-state index is 0. The number of rotatable bonds is 0. The fourth-order valence-electron chi connectivity index (χ4n) is 0. The van der Waals surface area contributed by atoms with Crippen LogP contribution in [0.5, 0.6) is 0 Å². The molecule has 15 nitrogen and oxygen atoms in total. The molecule has 0 aromatic carbocycles. The molecule has 0 aliphatic rings. The van der Waals surface area contributed by atoms with Gasteiger partial charge < -0.3 is 22.8 Å². The smallest absolute Gasteiger partial charge is 0.741 e. The first-order chi connectivity index (χ1) is 16.2. The molecular weight excluding hydrogens is 932 g/mol. The second-order valence-corrected chi connectivity index (χ2v) is 11.4. The number of hydrogen-bond donors (Lipinski definition) is 0. The van der Waals surface area contributed by atoms with Gasteiger partial charge in [-0.15, -0.1) is 0 Å². The van der Waals surface area contributed by atoms with Crippen LogP contribution >= 0.6 is 0 Å². The molecular formula is C5F15O15ReS5. The minimum atomic E-state index is -6.09. The predicted octanol–water partition coefficient (Wildman–Crippen LogP) is 0.255. The molecule has 0 atom stereocenters. The van der Waals surface area contributed by atoms with E-state index in [0.717, 1.165) is 0 Å². The van der Waals surface area contributed by atoms with Crippen LogP contribution in [-0.2, 0) is 71.0 Å². The molecule has 41 heavy (non-hydrogen) atoms. The summed E-state index contributed by atoms with van der Waals surface area (Å²) in [6, 6.07) is 0. The van der Waals surface area contributed by atoms with Crippen LogP contribution in [0.4, 0.5) is 65.9 Å². The summed E-state index contributed by atoms with van der Waals surface area (Å²) in [5, 5.41) is 0. The summed E-state index contributed by atoms with van der Waals surface area (Å²) in [5.41, 5.74) is -28.2. The van der Waals surface area contributed by atoms with Crippen LogP contribution in [0, 0.1) is 0 Å². The summed E-state index contributed by atoms with van der Waals surface area (Å²) in [6.07, 6.45) is 0. The fourth-order valence-corrected chi connectivity index (χ4v) is 0. The molecule has 0 aliphatic heterocycles. The first-order valence-electron chi connectivity index (χ1n) is 6.36. The molecule has 0 bridgehead atoms. The Morgan fingerprint density at radius 2 is 0.293 bits per heavy atom. The second kappa shape index (κ2) is 16.3. The Labute approximate surface area is 229 Å². The van der Waals surface area contributed by atoms with Crippen LogP contribution in [0.3, 0.4) is 0 Å². The molecule has 0 heterocycles. The van der Waals surface area contributed by atoms with E-state index in [1.165, 1.54) is 0 Å². The molecule has 0 unspecified atom stereocenters. The molecule has 36 heteroatoms. The Morgan fingerprint density at radius 3 is 0.293 bits per heavy atom. The van der Waals surface area contributed by atoms with Gasteiger partial charge in [0, 0.05) is 0 Å². The zero-order chi connectivity index (χ0) is 35.0. The summed E-state index contributed by atoms with van der Waals surface area (Å²) in [7, 11) is -30.5. The van der Waals surface area contributed by atoms with Crippen molar-refractivity contribution < 1.29 is 151 Å². The van der Waals surface area contributed by atoms with E-state index in [1.54, 1.807) is 0 Å². The molecule has 0 spiro atoms. The van der Waals surface area contributed by atoms with Gasteiger partial charge in [-0.25, -0.2) is 42.1 Å². The van der Waals surface area contributed by atoms with Crippen molar-refractivity contribution in [1.29, 1.82) is 0 Å². The molecule has 0 saturated heterocycles. The van der Waals surface area contributed by atoms with Crippen LogP contribution in [0.2, 0.25) is 0 Å². The van der Waals surface area contributed by atoms with E-state index in [1.807, 2.05) is 0 Å². The number of halogens is 15. The SMILES string of the molecule is O=S(=O)([O-])C(F)(F)F.O=S(=O)([O-])C(F)(F)F.O=S(=O)([O-])C(F)(F)F.O=S(=O)([O-])C(F)(F)F.O=S(=O)([O-])C(F)(F)F.[Re+5]. The van der Waals surface area contributed by atoms with Gasteiger partial charge in [-0.3, -0.25) is 0 Å². The Kier molecular flexibility index (Phi) is 21.0. The average Bonchev–Trinajstić information content (AvgIpc) is 2.47. The topological polar surface area (TPSA) is 286 Å². The zero-order valence-corrected chi connectivity index (χ0v) is 23.5. The van der Waals surface area contributed by atoms with E-state index in [4.69, 9.17) is 64.9 Å². The number of alkyl halides is 15. The maximum absolute atomic E-state index is 10.7. The largest absolute Gasteiger partial charge is 5.00 e. The van der Waals surface area contributed by atoms with Gasteiger partial charge in [0.15, 0.2) is 50.6 Å². The first-order valence-corrected chi connectivity index (χ1v) is 13.4. The van der Waals surface area contributed by atoms with E-state index in [9.17, 15) is 65.9 Å². The van der Waals surface area contributed by atoms with Gasteiger partial charge in [-0.05, 0) is 0 Å². The van der Waals surface area contributed by atoms with Gasteiger partial charge in [0.05, 0.1) is 0 Å². The predicted molar refractivity (Wildman–Crippen MR) is 78.8 cm³/mol. The van der Waals surface area contributed by atoms with E-state index in [-0.39, 0.29) is 20.4 Å². The van der Waals surface area contributed by atoms with Crippen LogP contribution < -0.4 is 0 Å². The van der Waals surface area contributed by atoms with Crippen molar-refractivity contribution in [3.05, 3.63) is 0 Å². The second-order valence-electron chi connectivity index (χ2n) is 4.50. The molecule has 0 aromatic heterocycles. The fraction of sp³-hybridized carbons (Fsp3) is 1.00. The summed E-state index contributed by atoms with van der Waals surface area (Å²) in [4.78, 5) is 0. The average molecular weight is 932 g/mol. The third-order valence-electron chi connectivity index (χ3n) is 1.42. The van der Waals surface area contributed by atoms with E-state index < -0.39 is 78.1 Å². The van der Waals surface area contributed by atoms with Crippen molar-refractivity contribution in [2.75, 3.05) is 0 Å². The van der Waals surface area contributed by atoms with Gasteiger partial charge in [0.25, 0.3) is 0 Å². The molecule has 0 saturated carbocycles. The van der Waals surface area contributed by atoms with Crippen LogP contribution in [0.25, 0.3) is 0 Å². The van der Waals surface area contributed by atoms with Crippen molar-refractivity contribution >= 4 is 50.6 Å². The summed E-state index contributed by atoms with van der Waals surface area (Å²) >= 11 is 0. The van der Waals surface area contributed by atoms with Crippen molar-refractivity contribution in [2.45, 2.75) is 27.5 Å². The van der Waals surface area contributed by atoms with Crippen molar-refractivity contribution in [3.8, 4) is 0 Å². The minimum Gasteiger partial charge on any atom is -0.741 e. The van der Waals surface area contributed by atoms with Gasteiger partial charge in [0.1, 0.15) is 0 Å². The standard InChI is InChI=1S/5CHF3O3S.Re/c5*2-1(3,4)8(5,6)7;/h5*(H,5,6,7);/q;;;;;+5/p-5. The zero-order valence-electron chi connectivity index (χ0n) is 16.7. The Hall–Kier alpha value is -0.838. The summed E-state index contributed by atoms with van der Waals surface area (Å²) < 4.78 is 295. The van der Waals surface area contributed by atoms with Gasteiger partial charge in [-0.2, -0.15) is 65.9 Å². The van der Waals surface area contributed by atoms with Crippen LogP contribution in [0.15, 0.2) is 0 Å². The normalized spacial score (nSPS) is 13.7. The quantitative estimate of drug-likeness (QED) is 0.179. The monoisotopic (exact) mass is 932 g/mol. The summed E-state index contributed by atoms with van der Waals surface area (Å²) in [6.45, 7) is 0. The van der Waals surface area contributed by atoms with E-state index in [0.29, 0.717) is 0 Å². The van der Waals surface area contributed by atoms with Gasteiger partial charge >= 0.3 is 48.0 Å². The van der Waals surface area contributed by atoms with Crippen molar-refractivity contribution in [3.63, 3.8) is 0 Å². The maximum atomic E-state index is 10.7.